The molecule has 0 saturated carbocycles. The monoisotopic (exact) mass is 313 g/mol. The Morgan fingerprint density at radius 3 is 2.27 bits per heavy atom. The normalized spacial score (nSPS) is 19.7. The van der Waals surface area contributed by atoms with Crippen LogP contribution in [-0.2, 0) is 10.0 Å². The molecule has 0 spiro atoms. The Hall–Kier alpha value is -1.91. The summed E-state index contributed by atoms with van der Waals surface area (Å²) in [5, 5.41) is 1.32. The van der Waals surface area contributed by atoms with Crippen molar-refractivity contribution in [1.82, 2.24) is 4.31 Å². The average Bonchev–Trinajstić information content (AvgIpc) is 3.06. The molecule has 0 amide bonds. The number of rotatable bonds is 4. The second-order valence-corrected chi connectivity index (χ2v) is 7.21. The topological polar surface area (TPSA) is 37.4 Å². The highest BCUT2D eigenvalue weighted by Crippen LogP contribution is 2.34. The van der Waals surface area contributed by atoms with Crippen LogP contribution in [0, 0.1) is 0 Å². The molecule has 1 saturated heterocycles. The zero-order valence-electron chi connectivity index (χ0n) is 12.3. The second kappa shape index (κ2) is 6.46. The van der Waals surface area contributed by atoms with Crippen LogP contribution in [0.25, 0.3) is 6.08 Å². The Morgan fingerprint density at radius 2 is 1.59 bits per heavy atom. The highest BCUT2D eigenvalue weighted by atomic mass is 32.2. The van der Waals surface area contributed by atoms with Gasteiger partial charge in [0.1, 0.15) is 0 Å². The number of sulfonamides is 1. The fourth-order valence-corrected chi connectivity index (χ4v) is 4.31. The first-order chi connectivity index (χ1) is 10.7. The van der Waals surface area contributed by atoms with Crippen LogP contribution in [0.3, 0.4) is 0 Å². The van der Waals surface area contributed by atoms with Crippen LogP contribution in [-0.4, -0.2) is 19.3 Å². The molecule has 2 aromatic rings. The van der Waals surface area contributed by atoms with Gasteiger partial charge in [-0.05, 0) is 30.0 Å². The minimum Gasteiger partial charge on any atom is -0.207 e. The molecule has 0 aromatic heterocycles. The summed E-state index contributed by atoms with van der Waals surface area (Å²) in [6, 6.07) is 19.3. The van der Waals surface area contributed by atoms with Crippen molar-refractivity contribution in [2.24, 2.45) is 0 Å². The lowest BCUT2D eigenvalue weighted by Gasteiger charge is -2.22. The Balaban J connectivity index is 1.84. The van der Waals surface area contributed by atoms with Crippen LogP contribution in [0.2, 0.25) is 0 Å². The van der Waals surface area contributed by atoms with Crippen LogP contribution >= 0.6 is 0 Å². The van der Waals surface area contributed by atoms with Crippen LogP contribution < -0.4 is 0 Å². The minimum absolute atomic E-state index is 0.0494. The van der Waals surface area contributed by atoms with E-state index in [0.29, 0.717) is 6.54 Å². The van der Waals surface area contributed by atoms with Crippen molar-refractivity contribution in [3.8, 4) is 0 Å². The maximum atomic E-state index is 12.6. The molecule has 3 rings (SSSR count). The van der Waals surface area contributed by atoms with E-state index in [4.69, 9.17) is 0 Å². The van der Waals surface area contributed by atoms with Crippen molar-refractivity contribution >= 4 is 16.1 Å². The van der Waals surface area contributed by atoms with E-state index in [9.17, 15) is 8.42 Å². The summed E-state index contributed by atoms with van der Waals surface area (Å²) in [4.78, 5) is 0. The molecule has 3 nitrogen and oxygen atoms in total. The first-order valence-electron chi connectivity index (χ1n) is 7.47. The molecule has 22 heavy (non-hydrogen) atoms. The average molecular weight is 313 g/mol. The lowest BCUT2D eigenvalue weighted by atomic mass is 10.1. The van der Waals surface area contributed by atoms with E-state index in [1.165, 1.54) is 5.41 Å². The van der Waals surface area contributed by atoms with Gasteiger partial charge < -0.3 is 0 Å². The lowest BCUT2D eigenvalue weighted by molar-refractivity contribution is 0.403. The quantitative estimate of drug-likeness (QED) is 0.860. The first kappa shape index (κ1) is 15.0. The molecule has 2 aromatic carbocycles. The predicted molar refractivity (Wildman–Crippen MR) is 89.5 cm³/mol. The van der Waals surface area contributed by atoms with Gasteiger partial charge in [0, 0.05) is 12.0 Å². The molecule has 4 heteroatoms. The lowest BCUT2D eigenvalue weighted by Crippen LogP contribution is -2.28. The maximum absolute atomic E-state index is 12.6. The van der Waals surface area contributed by atoms with Gasteiger partial charge in [0.2, 0.25) is 10.0 Å². The number of hydrogen-bond donors (Lipinski definition) is 0. The Morgan fingerprint density at radius 1 is 0.955 bits per heavy atom. The van der Waals surface area contributed by atoms with Crippen LogP contribution in [0.4, 0.5) is 0 Å². The standard InChI is InChI=1S/C18H19NO2S/c20-22(21,15-13-16-8-3-1-4-9-16)19-14-7-12-18(19)17-10-5-2-6-11-17/h1-6,8-11,13,15,18H,7,12,14H2/b15-13+/t18-/m1/s1. The van der Waals surface area contributed by atoms with Crippen molar-refractivity contribution in [2.75, 3.05) is 6.54 Å². The molecule has 0 N–H and O–H groups in total. The van der Waals surface area contributed by atoms with E-state index in [1.54, 1.807) is 10.4 Å². The summed E-state index contributed by atoms with van der Waals surface area (Å²) < 4.78 is 26.9. The van der Waals surface area contributed by atoms with Gasteiger partial charge in [-0.3, -0.25) is 0 Å². The number of benzene rings is 2. The van der Waals surface area contributed by atoms with Crippen LogP contribution in [0.15, 0.2) is 66.1 Å². The van der Waals surface area contributed by atoms with Crippen molar-refractivity contribution in [1.29, 1.82) is 0 Å². The van der Waals surface area contributed by atoms with Gasteiger partial charge in [0.05, 0.1) is 6.04 Å². The third-order valence-electron chi connectivity index (χ3n) is 3.95. The first-order valence-corrected chi connectivity index (χ1v) is 8.97. The fourth-order valence-electron chi connectivity index (χ4n) is 2.86. The maximum Gasteiger partial charge on any atom is 0.236 e. The molecular formula is C18H19NO2S. The highest BCUT2D eigenvalue weighted by molar-refractivity contribution is 7.92. The predicted octanol–water partition coefficient (Wildman–Crippen LogP) is 3.82. The summed E-state index contributed by atoms with van der Waals surface area (Å²) in [5.74, 6) is 0. The van der Waals surface area contributed by atoms with E-state index in [0.717, 1.165) is 24.0 Å². The Labute approximate surface area is 132 Å². The molecule has 0 aliphatic carbocycles. The van der Waals surface area contributed by atoms with E-state index in [1.807, 2.05) is 60.7 Å². The van der Waals surface area contributed by atoms with Gasteiger partial charge >= 0.3 is 0 Å². The molecule has 1 aliphatic heterocycles. The molecule has 1 heterocycles. The third-order valence-corrected chi connectivity index (χ3v) is 5.52. The molecule has 0 unspecified atom stereocenters. The molecule has 1 atom stereocenters. The molecule has 114 valence electrons. The largest absolute Gasteiger partial charge is 0.236 e. The SMILES string of the molecule is O=S(=O)(/C=C/c1ccccc1)N1CCC[C@@H]1c1ccccc1. The summed E-state index contributed by atoms with van der Waals surface area (Å²) in [7, 11) is -3.40. The molecule has 0 bridgehead atoms. The summed E-state index contributed by atoms with van der Waals surface area (Å²) in [6.07, 6.45) is 3.44. The van der Waals surface area contributed by atoms with Gasteiger partial charge in [-0.1, -0.05) is 60.7 Å². The van der Waals surface area contributed by atoms with Gasteiger partial charge in [-0.2, -0.15) is 4.31 Å². The zero-order chi connectivity index (χ0) is 15.4. The summed E-state index contributed by atoms with van der Waals surface area (Å²) >= 11 is 0. The third kappa shape index (κ3) is 3.29. The Bertz CT molecular complexity index is 739. The Kier molecular flexibility index (Phi) is 4.41. The molecular weight excluding hydrogens is 294 g/mol. The van der Waals surface area contributed by atoms with Gasteiger partial charge in [-0.25, -0.2) is 8.42 Å². The molecule has 1 aliphatic rings. The number of nitrogens with zero attached hydrogens (tertiary/aromatic N) is 1. The van der Waals surface area contributed by atoms with Crippen LogP contribution in [0.5, 0.6) is 0 Å². The summed E-state index contributed by atoms with van der Waals surface area (Å²) in [6.45, 7) is 0.584. The minimum atomic E-state index is -3.40. The molecule has 0 radical (unpaired) electrons. The highest BCUT2D eigenvalue weighted by Gasteiger charge is 2.33. The van der Waals surface area contributed by atoms with Crippen LogP contribution in [0.1, 0.15) is 30.0 Å². The van der Waals surface area contributed by atoms with Gasteiger partial charge in [0.15, 0.2) is 0 Å². The fraction of sp³-hybridized carbons (Fsp3) is 0.222. The van der Waals surface area contributed by atoms with Gasteiger partial charge in [-0.15, -0.1) is 0 Å². The smallest absolute Gasteiger partial charge is 0.207 e. The van der Waals surface area contributed by atoms with Crippen molar-refractivity contribution in [3.05, 3.63) is 77.2 Å². The zero-order valence-corrected chi connectivity index (χ0v) is 13.1. The van der Waals surface area contributed by atoms with Gasteiger partial charge in [0.25, 0.3) is 0 Å². The van der Waals surface area contributed by atoms with E-state index in [2.05, 4.69) is 0 Å². The molecule has 1 fully saturated rings. The van der Waals surface area contributed by atoms with Crippen molar-refractivity contribution in [3.63, 3.8) is 0 Å². The number of hydrogen-bond acceptors (Lipinski definition) is 2. The van der Waals surface area contributed by atoms with Crippen molar-refractivity contribution < 1.29 is 8.42 Å². The van der Waals surface area contributed by atoms with E-state index in [-0.39, 0.29) is 6.04 Å². The summed E-state index contributed by atoms with van der Waals surface area (Å²) in [5.41, 5.74) is 1.96. The van der Waals surface area contributed by atoms with Crippen molar-refractivity contribution in [2.45, 2.75) is 18.9 Å². The van der Waals surface area contributed by atoms with E-state index < -0.39 is 10.0 Å². The second-order valence-electron chi connectivity index (χ2n) is 5.44. The van der Waals surface area contributed by atoms with E-state index >= 15 is 0 Å².